The van der Waals surface area contributed by atoms with Gasteiger partial charge in [0, 0.05) is 37.3 Å². The predicted octanol–water partition coefficient (Wildman–Crippen LogP) is 2.98. The lowest BCUT2D eigenvalue weighted by atomic mass is 10.2. The molecule has 0 bridgehead atoms. The van der Waals surface area contributed by atoms with Gasteiger partial charge in [-0.05, 0) is 28.1 Å². The number of nitrogens with zero attached hydrogens (tertiary/aromatic N) is 3. The summed E-state index contributed by atoms with van der Waals surface area (Å²) in [6.07, 6.45) is 2.77. The first kappa shape index (κ1) is 11.5. The Morgan fingerprint density at radius 2 is 2.31 bits per heavy atom. The second-order valence-corrected chi connectivity index (χ2v) is 5.09. The average molecular weight is 298 g/mol. The van der Waals surface area contributed by atoms with E-state index < -0.39 is 0 Å². The standard InChI is InChI=1S/C11H12BrN3S/c1-15(11-14-10(12)8-16-11)7-5-9-4-2-3-6-13-9/h2-4,6,8H,5,7H2,1H3. The van der Waals surface area contributed by atoms with Crippen LogP contribution in [0.4, 0.5) is 5.13 Å². The Kier molecular flexibility index (Phi) is 3.90. The quantitative estimate of drug-likeness (QED) is 0.869. The summed E-state index contributed by atoms with van der Waals surface area (Å²) in [6, 6.07) is 6.00. The molecule has 16 heavy (non-hydrogen) atoms. The molecule has 0 saturated carbocycles. The van der Waals surface area contributed by atoms with Crippen molar-refractivity contribution in [2.24, 2.45) is 0 Å². The van der Waals surface area contributed by atoms with Gasteiger partial charge in [-0.15, -0.1) is 11.3 Å². The van der Waals surface area contributed by atoms with Gasteiger partial charge < -0.3 is 4.90 Å². The van der Waals surface area contributed by atoms with E-state index in [-0.39, 0.29) is 0 Å². The van der Waals surface area contributed by atoms with Crippen LogP contribution in [0.1, 0.15) is 5.69 Å². The Morgan fingerprint density at radius 3 is 2.94 bits per heavy atom. The fourth-order valence-corrected chi connectivity index (χ4v) is 2.59. The average Bonchev–Trinajstić information content (AvgIpc) is 2.74. The first-order valence-electron chi connectivity index (χ1n) is 4.98. The number of pyridine rings is 1. The van der Waals surface area contributed by atoms with Crippen molar-refractivity contribution in [3.8, 4) is 0 Å². The van der Waals surface area contributed by atoms with Gasteiger partial charge in [0.1, 0.15) is 4.60 Å². The van der Waals surface area contributed by atoms with Crippen LogP contribution in [0.5, 0.6) is 0 Å². The van der Waals surface area contributed by atoms with Crippen LogP contribution in [0.15, 0.2) is 34.4 Å². The molecule has 0 radical (unpaired) electrons. The van der Waals surface area contributed by atoms with Gasteiger partial charge in [0.25, 0.3) is 0 Å². The summed E-state index contributed by atoms with van der Waals surface area (Å²) in [4.78, 5) is 10.8. The largest absolute Gasteiger partial charge is 0.351 e. The number of rotatable bonds is 4. The van der Waals surface area contributed by atoms with Crippen molar-refractivity contribution < 1.29 is 0 Å². The molecule has 0 aliphatic carbocycles. The molecular formula is C11H12BrN3S. The highest BCUT2D eigenvalue weighted by Crippen LogP contribution is 2.22. The van der Waals surface area contributed by atoms with Crippen LogP contribution in [0.25, 0.3) is 0 Å². The first-order valence-corrected chi connectivity index (χ1v) is 6.65. The predicted molar refractivity (Wildman–Crippen MR) is 71.0 cm³/mol. The molecule has 2 rings (SSSR count). The van der Waals surface area contributed by atoms with Gasteiger partial charge >= 0.3 is 0 Å². The van der Waals surface area contributed by atoms with E-state index in [4.69, 9.17) is 0 Å². The van der Waals surface area contributed by atoms with E-state index in [0.717, 1.165) is 28.4 Å². The highest BCUT2D eigenvalue weighted by Gasteiger charge is 2.05. The van der Waals surface area contributed by atoms with Gasteiger partial charge in [-0.2, -0.15) is 0 Å². The molecule has 0 aromatic carbocycles. The number of likely N-dealkylation sites (N-methyl/N-ethyl adjacent to an activating group) is 1. The summed E-state index contributed by atoms with van der Waals surface area (Å²) in [7, 11) is 2.05. The monoisotopic (exact) mass is 297 g/mol. The van der Waals surface area contributed by atoms with E-state index in [2.05, 4.69) is 30.8 Å². The lowest BCUT2D eigenvalue weighted by Crippen LogP contribution is -2.20. The number of thiazole rings is 1. The fourth-order valence-electron chi connectivity index (χ4n) is 1.34. The topological polar surface area (TPSA) is 29.0 Å². The second-order valence-electron chi connectivity index (χ2n) is 3.45. The van der Waals surface area contributed by atoms with Gasteiger partial charge in [0.15, 0.2) is 5.13 Å². The summed E-state index contributed by atoms with van der Waals surface area (Å²) in [5.74, 6) is 0. The van der Waals surface area contributed by atoms with Crippen LogP contribution in [0.2, 0.25) is 0 Å². The van der Waals surface area contributed by atoms with E-state index in [1.54, 1.807) is 11.3 Å². The first-order chi connectivity index (χ1) is 7.75. The van der Waals surface area contributed by atoms with E-state index in [1.165, 1.54) is 0 Å². The number of hydrogen-bond acceptors (Lipinski definition) is 4. The fraction of sp³-hybridized carbons (Fsp3) is 0.273. The zero-order valence-corrected chi connectivity index (χ0v) is 11.3. The number of hydrogen-bond donors (Lipinski definition) is 0. The summed E-state index contributed by atoms with van der Waals surface area (Å²) in [6.45, 7) is 0.928. The molecular weight excluding hydrogens is 286 g/mol. The van der Waals surface area contributed by atoms with Gasteiger partial charge in [-0.25, -0.2) is 4.98 Å². The Balaban J connectivity index is 1.91. The maximum Gasteiger partial charge on any atom is 0.186 e. The number of halogens is 1. The van der Waals surface area contributed by atoms with Gasteiger partial charge in [0.2, 0.25) is 0 Å². The van der Waals surface area contributed by atoms with Crippen molar-refractivity contribution >= 4 is 32.4 Å². The summed E-state index contributed by atoms with van der Waals surface area (Å²) >= 11 is 5.00. The van der Waals surface area contributed by atoms with Crippen molar-refractivity contribution in [1.29, 1.82) is 0 Å². The Bertz CT molecular complexity index is 444. The zero-order chi connectivity index (χ0) is 11.4. The third-order valence-corrected chi connectivity index (χ3v) is 3.88. The maximum atomic E-state index is 4.36. The van der Waals surface area contributed by atoms with Crippen molar-refractivity contribution in [2.45, 2.75) is 6.42 Å². The SMILES string of the molecule is CN(CCc1ccccn1)c1nc(Br)cs1. The van der Waals surface area contributed by atoms with Crippen LogP contribution in [0.3, 0.4) is 0 Å². The summed E-state index contributed by atoms with van der Waals surface area (Å²) < 4.78 is 0.900. The third-order valence-electron chi connectivity index (χ3n) is 2.22. The van der Waals surface area contributed by atoms with Crippen molar-refractivity contribution in [3.63, 3.8) is 0 Å². The minimum atomic E-state index is 0.900. The van der Waals surface area contributed by atoms with Crippen LogP contribution < -0.4 is 4.90 Å². The van der Waals surface area contributed by atoms with Gasteiger partial charge in [0.05, 0.1) is 0 Å². The molecule has 0 N–H and O–H groups in total. The van der Waals surface area contributed by atoms with Crippen LogP contribution >= 0.6 is 27.3 Å². The normalized spacial score (nSPS) is 10.4. The molecule has 2 aromatic heterocycles. The lowest BCUT2D eigenvalue weighted by Gasteiger charge is -2.14. The molecule has 3 nitrogen and oxygen atoms in total. The Morgan fingerprint density at radius 1 is 1.44 bits per heavy atom. The Labute approximate surface area is 107 Å². The molecule has 0 fully saturated rings. The van der Waals surface area contributed by atoms with Crippen LogP contribution in [-0.4, -0.2) is 23.6 Å². The van der Waals surface area contributed by atoms with Crippen molar-refractivity contribution in [2.75, 3.05) is 18.5 Å². The molecule has 0 aliphatic heterocycles. The molecule has 84 valence electrons. The molecule has 2 aromatic rings. The zero-order valence-electron chi connectivity index (χ0n) is 8.93. The third kappa shape index (κ3) is 3.02. The van der Waals surface area contributed by atoms with E-state index in [0.29, 0.717) is 0 Å². The van der Waals surface area contributed by atoms with E-state index in [1.807, 2.05) is 36.8 Å². The molecule has 0 spiro atoms. The molecule has 0 unspecified atom stereocenters. The molecule has 2 heterocycles. The Hall–Kier alpha value is -0.940. The molecule has 0 atom stereocenters. The molecule has 5 heteroatoms. The minimum Gasteiger partial charge on any atom is -0.351 e. The van der Waals surface area contributed by atoms with Crippen LogP contribution in [0, 0.1) is 0 Å². The van der Waals surface area contributed by atoms with E-state index in [9.17, 15) is 0 Å². The molecule has 0 amide bonds. The van der Waals surface area contributed by atoms with Crippen LogP contribution in [-0.2, 0) is 6.42 Å². The number of anilines is 1. The smallest absolute Gasteiger partial charge is 0.186 e. The van der Waals surface area contributed by atoms with Gasteiger partial charge in [-0.1, -0.05) is 6.07 Å². The lowest BCUT2D eigenvalue weighted by molar-refractivity contribution is 0.847. The number of aromatic nitrogens is 2. The molecule has 0 saturated heterocycles. The highest BCUT2D eigenvalue weighted by molar-refractivity contribution is 9.10. The van der Waals surface area contributed by atoms with E-state index >= 15 is 0 Å². The maximum absolute atomic E-state index is 4.36. The summed E-state index contributed by atoms with van der Waals surface area (Å²) in [5.41, 5.74) is 1.12. The second kappa shape index (κ2) is 5.41. The molecule has 0 aliphatic rings. The van der Waals surface area contributed by atoms with Crippen molar-refractivity contribution in [3.05, 3.63) is 40.1 Å². The van der Waals surface area contributed by atoms with Gasteiger partial charge in [-0.3, -0.25) is 4.98 Å². The summed E-state index contributed by atoms with van der Waals surface area (Å²) in [5, 5.41) is 3.02. The highest BCUT2D eigenvalue weighted by atomic mass is 79.9. The minimum absolute atomic E-state index is 0.900. The van der Waals surface area contributed by atoms with Crippen molar-refractivity contribution in [1.82, 2.24) is 9.97 Å².